The molecule has 0 bridgehead atoms. The number of benzene rings is 1. The molecule has 1 heterocycles. The van der Waals surface area contributed by atoms with E-state index in [2.05, 4.69) is 0 Å². The van der Waals surface area contributed by atoms with E-state index in [9.17, 15) is 9.90 Å². The first-order chi connectivity index (χ1) is 8.81. The lowest BCUT2D eigenvalue weighted by atomic mass is 10.2. The molecule has 1 aromatic carbocycles. The molecule has 0 aliphatic rings. The number of aromatic nitrogens is 1. The van der Waals surface area contributed by atoms with Gasteiger partial charge in [0.2, 0.25) is 0 Å². The van der Waals surface area contributed by atoms with Crippen LogP contribution in [0.25, 0.3) is 10.9 Å². The highest BCUT2D eigenvalue weighted by atomic mass is 35.5. The van der Waals surface area contributed by atoms with Gasteiger partial charge >= 0.3 is 6.09 Å². The SMILES string of the molecule is CC(C)(C)OC(=O)n1c(CO)cc2cc(Cl)ccc21. The molecule has 0 amide bonds. The Bertz CT molecular complexity index is 625. The van der Waals surface area contributed by atoms with Crippen molar-refractivity contribution in [1.82, 2.24) is 4.57 Å². The Morgan fingerprint density at radius 2 is 2.05 bits per heavy atom. The van der Waals surface area contributed by atoms with Gasteiger partial charge in [-0.1, -0.05) is 11.6 Å². The maximum absolute atomic E-state index is 12.2. The third-order valence-corrected chi connectivity index (χ3v) is 2.81. The fourth-order valence-corrected chi connectivity index (χ4v) is 2.06. The van der Waals surface area contributed by atoms with Gasteiger partial charge in [-0.2, -0.15) is 0 Å². The van der Waals surface area contributed by atoms with Crippen molar-refractivity contribution in [2.75, 3.05) is 0 Å². The van der Waals surface area contributed by atoms with E-state index in [0.717, 1.165) is 5.39 Å². The van der Waals surface area contributed by atoms with Crippen LogP contribution in [-0.2, 0) is 11.3 Å². The molecule has 0 spiro atoms. The van der Waals surface area contributed by atoms with Crippen molar-refractivity contribution < 1.29 is 14.6 Å². The summed E-state index contributed by atoms with van der Waals surface area (Å²) in [6, 6.07) is 6.91. The molecule has 0 saturated heterocycles. The summed E-state index contributed by atoms with van der Waals surface area (Å²) in [5, 5.41) is 10.8. The van der Waals surface area contributed by atoms with Gasteiger partial charge in [0.15, 0.2) is 0 Å². The monoisotopic (exact) mass is 281 g/mol. The Balaban J connectivity index is 2.54. The molecule has 1 aromatic heterocycles. The second kappa shape index (κ2) is 4.87. The van der Waals surface area contributed by atoms with Crippen LogP contribution in [0.5, 0.6) is 0 Å². The molecule has 0 aliphatic carbocycles. The number of hydrogen-bond donors (Lipinski definition) is 1. The zero-order chi connectivity index (χ0) is 14.2. The van der Waals surface area contributed by atoms with E-state index in [1.165, 1.54) is 4.57 Å². The molecular formula is C14H16ClNO3. The highest BCUT2D eigenvalue weighted by Crippen LogP contribution is 2.24. The molecule has 0 aliphatic heterocycles. The lowest BCUT2D eigenvalue weighted by Gasteiger charge is -2.20. The molecule has 0 atom stereocenters. The Morgan fingerprint density at radius 1 is 1.37 bits per heavy atom. The Hall–Kier alpha value is -1.52. The van der Waals surface area contributed by atoms with E-state index in [1.54, 1.807) is 45.0 Å². The second-order valence-corrected chi connectivity index (χ2v) is 5.75. The summed E-state index contributed by atoms with van der Waals surface area (Å²) in [5.41, 5.74) is 0.557. The van der Waals surface area contributed by atoms with Crippen LogP contribution in [0, 0.1) is 0 Å². The molecule has 0 saturated carbocycles. The summed E-state index contributed by atoms with van der Waals surface area (Å²) in [4.78, 5) is 12.2. The maximum atomic E-state index is 12.2. The van der Waals surface area contributed by atoms with Crippen LogP contribution < -0.4 is 0 Å². The van der Waals surface area contributed by atoms with Gasteiger partial charge in [0.1, 0.15) is 5.60 Å². The molecule has 0 fully saturated rings. The predicted octanol–water partition coefficient (Wildman–Crippen LogP) is 3.57. The number of fused-ring (bicyclic) bond motifs is 1. The van der Waals surface area contributed by atoms with E-state index in [1.807, 2.05) is 0 Å². The number of aliphatic hydroxyl groups is 1. The van der Waals surface area contributed by atoms with E-state index < -0.39 is 11.7 Å². The van der Waals surface area contributed by atoms with E-state index in [0.29, 0.717) is 16.2 Å². The molecule has 5 heteroatoms. The summed E-state index contributed by atoms with van der Waals surface area (Å²) >= 11 is 5.92. The number of ether oxygens (including phenoxy) is 1. The number of carbonyl (C=O) groups excluding carboxylic acids is 1. The normalized spacial score (nSPS) is 11.8. The fourth-order valence-electron chi connectivity index (χ4n) is 1.88. The summed E-state index contributed by atoms with van der Waals surface area (Å²) in [6.07, 6.45) is -0.506. The highest BCUT2D eigenvalue weighted by Gasteiger charge is 2.21. The summed E-state index contributed by atoms with van der Waals surface area (Å²) in [7, 11) is 0. The Kier molecular flexibility index (Phi) is 3.56. The van der Waals surface area contributed by atoms with Gasteiger partial charge in [0, 0.05) is 10.4 Å². The topological polar surface area (TPSA) is 51.5 Å². The van der Waals surface area contributed by atoms with Crippen molar-refractivity contribution in [3.05, 3.63) is 35.0 Å². The first-order valence-electron chi connectivity index (χ1n) is 5.96. The zero-order valence-electron chi connectivity index (χ0n) is 11.1. The number of hydrogen-bond acceptors (Lipinski definition) is 3. The lowest BCUT2D eigenvalue weighted by Crippen LogP contribution is -2.28. The molecule has 102 valence electrons. The molecular weight excluding hydrogens is 266 g/mol. The maximum Gasteiger partial charge on any atom is 0.419 e. The van der Waals surface area contributed by atoms with Crippen molar-refractivity contribution in [1.29, 1.82) is 0 Å². The second-order valence-electron chi connectivity index (χ2n) is 5.31. The predicted molar refractivity (Wildman–Crippen MR) is 74.5 cm³/mol. The fraction of sp³-hybridized carbons (Fsp3) is 0.357. The van der Waals surface area contributed by atoms with Gasteiger partial charge in [-0.15, -0.1) is 0 Å². The van der Waals surface area contributed by atoms with Crippen molar-refractivity contribution in [2.45, 2.75) is 33.0 Å². The summed E-state index contributed by atoms with van der Waals surface area (Å²) in [6.45, 7) is 5.15. The van der Waals surface area contributed by atoms with Gasteiger partial charge in [-0.25, -0.2) is 9.36 Å². The summed E-state index contributed by atoms with van der Waals surface area (Å²) < 4.78 is 6.71. The molecule has 2 rings (SSSR count). The van der Waals surface area contributed by atoms with Gasteiger partial charge in [0.05, 0.1) is 17.8 Å². The van der Waals surface area contributed by atoms with Gasteiger partial charge in [-0.05, 0) is 45.0 Å². The summed E-state index contributed by atoms with van der Waals surface area (Å²) in [5.74, 6) is 0. The minimum absolute atomic E-state index is 0.245. The van der Waals surface area contributed by atoms with Crippen LogP contribution in [0.4, 0.5) is 4.79 Å². The average molecular weight is 282 g/mol. The number of halogens is 1. The molecule has 2 aromatic rings. The molecule has 19 heavy (non-hydrogen) atoms. The van der Waals surface area contributed by atoms with Crippen LogP contribution in [0.2, 0.25) is 5.02 Å². The van der Waals surface area contributed by atoms with Crippen LogP contribution >= 0.6 is 11.6 Å². The zero-order valence-corrected chi connectivity index (χ0v) is 11.9. The third-order valence-electron chi connectivity index (χ3n) is 2.58. The van der Waals surface area contributed by atoms with Gasteiger partial charge in [-0.3, -0.25) is 0 Å². The van der Waals surface area contributed by atoms with Crippen LogP contribution in [-0.4, -0.2) is 21.4 Å². The number of rotatable bonds is 1. The molecule has 4 nitrogen and oxygen atoms in total. The third kappa shape index (κ3) is 2.91. The quantitative estimate of drug-likeness (QED) is 0.869. The average Bonchev–Trinajstić information content (AvgIpc) is 2.63. The van der Waals surface area contributed by atoms with Crippen LogP contribution in [0.3, 0.4) is 0 Å². The number of carbonyl (C=O) groups is 1. The Labute approximate surface area is 116 Å². The van der Waals surface area contributed by atoms with Crippen LogP contribution in [0.15, 0.2) is 24.3 Å². The van der Waals surface area contributed by atoms with Crippen molar-refractivity contribution >= 4 is 28.6 Å². The van der Waals surface area contributed by atoms with E-state index in [4.69, 9.17) is 16.3 Å². The number of aliphatic hydroxyl groups excluding tert-OH is 1. The van der Waals surface area contributed by atoms with Gasteiger partial charge < -0.3 is 9.84 Å². The smallest absolute Gasteiger partial charge is 0.419 e. The minimum atomic E-state index is -0.590. The molecule has 1 N–H and O–H groups in total. The van der Waals surface area contributed by atoms with Gasteiger partial charge in [0.25, 0.3) is 0 Å². The first-order valence-corrected chi connectivity index (χ1v) is 6.34. The lowest BCUT2D eigenvalue weighted by molar-refractivity contribution is 0.0533. The molecule has 0 radical (unpaired) electrons. The van der Waals surface area contributed by atoms with Crippen LogP contribution in [0.1, 0.15) is 26.5 Å². The highest BCUT2D eigenvalue weighted by molar-refractivity contribution is 6.31. The minimum Gasteiger partial charge on any atom is -0.443 e. The van der Waals surface area contributed by atoms with Crippen molar-refractivity contribution in [3.8, 4) is 0 Å². The van der Waals surface area contributed by atoms with E-state index >= 15 is 0 Å². The molecule has 0 unspecified atom stereocenters. The Morgan fingerprint density at radius 3 is 2.63 bits per heavy atom. The van der Waals surface area contributed by atoms with Crippen molar-refractivity contribution in [2.24, 2.45) is 0 Å². The standard InChI is InChI=1S/C14H16ClNO3/c1-14(2,3)19-13(18)16-11(8-17)7-9-6-10(15)4-5-12(9)16/h4-7,17H,8H2,1-3H3. The van der Waals surface area contributed by atoms with E-state index in [-0.39, 0.29) is 6.61 Å². The first kappa shape index (κ1) is 13.9. The number of nitrogens with zero attached hydrogens (tertiary/aromatic N) is 1. The largest absolute Gasteiger partial charge is 0.443 e. The van der Waals surface area contributed by atoms with Crippen molar-refractivity contribution in [3.63, 3.8) is 0 Å².